The van der Waals surface area contributed by atoms with Crippen molar-refractivity contribution in [2.45, 2.75) is 13.8 Å². The Morgan fingerprint density at radius 3 is 2.61 bits per heavy atom. The zero-order valence-corrected chi connectivity index (χ0v) is 12.9. The maximum absolute atomic E-state index is 13.4. The Hall–Kier alpha value is -2.88. The highest BCUT2D eigenvalue weighted by atomic mass is 19.1. The van der Waals surface area contributed by atoms with E-state index in [2.05, 4.69) is 4.99 Å². The number of hydrogen-bond acceptors (Lipinski definition) is 3. The normalized spacial score (nSPS) is 14.4. The van der Waals surface area contributed by atoms with Gasteiger partial charge in [-0.05, 0) is 37.6 Å². The van der Waals surface area contributed by atoms with E-state index in [0.29, 0.717) is 21.9 Å². The minimum absolute atomic E-state index is 0.226. The summed E-state index contributed by atoms with van der Waals surface area (Å²) in [6, 6.07) is 13.8. The van der Waals surface area contributed by atoms with Crippen molar-refractivity contribution in [2.75, 3.05) is 0 Å². The Morgan fingerprint density at radius 2 is 1.91 bits per heavy atom. The van der Waals surface area contributed by atoms with Gasteiger partial charge in [-0.25, -0.2) is 9.38 Å². The maximum atomic E-state index is 13.4. The van der Waals surface area contributed by atoms with Gasteiger partial charge in [0.15, 0.2) is 5.42 Å². The minimum Gasteiger partial charge on any atom is -0.491 e. The summed E-state index contributed by atoms with van der Waals surface area (Å²) in [5.74, 6) is -0.576. The topological polar surface area (TPSA) is 45.7 Å². The summed E-state index contributed by atoms with van der Waals surface area (Å²) in [5.41, 5.74) is 2.32. The van der Waals surface area contributed by atoms with Gasteiger partial charge in [-0.15, -0.1) is 0 Å². The van der Waals surface area contributed by atoms with Gasteiger partial charge in [-0.2, -0.15) is 0 Å². The highest BCUT2D eigenvalue weighted by Gasteiger charge is 2.08. The third-order valence-electron chi connectivity index (χ3n) is 3.65. The summed E-state index contributed by atoms with van der Waals surface area (Å²) >= 11 is 0. The van der Waals surface area contributed by atoms with Crippen LogP contribution >= 0.6 is 0 Å². The molecule has 23 heavy (non-hydrogen) atoms. The molecule has 0 saturated carbocycles. The van der Waals surface area contributed by atoms with Crippen LogP contribution in [0.1, 0.15) is 19.4 Å². The van der Waals surface area contributed by atoms with Crippen molar-refractivity contribution in [2.24, 2.45) is 4.99 Å². The molecule has 0 aliphatic heterocycles. The lowest BCUT2D eigenvalue weighted by molar-refractivity contribution is 0.459. The van der Waals surface area contributed by atoms with Crippen molar-refractivity contribution in [1.82, 2.24) is 0 Å². The van der Waals surface area contributed by atoms with Crippen LogP contribution in [0.5, 0.6) is 0 Å². The summed E-state index contributed by atoms with van der Waals surface area (Å²) in [6.45, 7) is 3.61. The van der Waals surface area contributed by atoms with Gasteiger partial charge in [0.2, 0.25) is 0 Å². The number of halogens is 1. The third kappa shape index (κ3) is 2.88. The second-order valence-corrected chi connectivity index (χ2v) is 5.16. The number of fused-ring (bicyclic) bond motifs is 1. The molecule has 2 aromatic carbocycles. The predicted octanol–water partition coefficient (Wildman–Crippen LogP) is 3.51. The van der Waals surface area contributed by atoms with E-state index in [1.807, 2.05) is 37.3 Å². The van der Waals surface area contributed by atoms with Gasteiger partial charge in [0.1, 0.15) is 11.4 Å². The number of aliphatic hydroxyl groups is 1. The van der Waals surface area contributed by atoms with Gasteiger partial charge in [0.25, 0.3) is 5.88 Å². The molecule has 3 rings (SSSR count). The largest absolute Gasteiger partial charge is 0.491 e. The van der Waals surface area contributed by atoms with E-state index in [4.69, 9.17) is 4.42 Å². The van der Waals surface area contributed by atoms with Crippen LogP contribution in [0.25, 0.3) is 22.9 Å². The Morgan fingerprint density at radius 1 is 1.17 bits per heavy atom. The fraction of sp³-hybridized carbons (Fsp3) is 0.105. The van der Waals surface area contributed by atoms with Crippen LogP contribution in [0.4, 0.5) is 4.39 Å². The number of furan rings is 1. The number of aliphatic hydroxyl groups excluding tert-OH is 1. The average Bonchev–Trinajstić information content (AvgIpc) is 2.93. The minimum atomic E-state index is -0.351. The first-order valence-electron chi connectivity index (χ1n) is 7.28. The molecule has 0 aliphatic rings. The monoisotopic (exact) mass is 309 g/mol. The first kappa shape index (κ1) is 15.0. The van der Waals surface area contributed by atoms with Gasteiger partial charge >= 0.3 is 0 Å². The summed E-state index contributed by atoms with van der Waals surface area (Å²) < 4.78 is 19.1. The number of nitrogens with zero attached hydrogens (tertiary/aromatic N) is 1. The maximum Gasteiger partial charge on any atom is 0.256 e. The van der Waals surface area contributed by atoms with Crippen LogP contribution in [-0.2, 0) is 0 Å². The molecular weight excluding hydrogens is 293 g/mol. The molecule has 0 aliphatic carbocycles. The molecule has 0 bridgehead atoms. The molecule has 3 nitrogen and oxygen atoms in total. The number of aliphatic imine (C=N–C) groups is 1. The van der Waals surface area contributed by atoms with Crippen LogP contribution in [-0.4, -0.2) is 10.8 Å². The lowest BCUT2D eigenvalue weighted by Gasteiger charge is -1.99. The van der Waals surface area contributed by atoms with E-state index in [-0.39, 0.29) is 17.1 Å². The summed E-state index contributed by atoms with van der Waals surface area (Å²) in [4.78, 5) is 4.23. The quantitative estimate of drug-likeness (QED) is 0.736. The molecule has 0 amide bonds. The fourth-order valence-corrected chi connectivity index (χ4v) is 2.50. The molecule has 116 valence electrons. The standard InChI is InChI=1S/C19H16FNO2/c1-3-15-16-11-14(20)9-10-17(16)23-18(15)19(22)21-12(2)13-7-5-4-6-8-13/h3-11,22H,1-2H3/b15-3?,19-18-,21-12+. The third-order valence-corrected chi connectivity index (χ3v) is 3.65. The van der Waals surface area contributed by atoms with Gasteiger partial charge < -0.3 is 9.52 Å². The SMILES string of the molecule is CC=c1/c(=C(O)\N=C(/C)c2ccccc2)oc2ccc(F)cc12. The van der Waals surface area contributed by atoms with E-state index in [1.165, 1.54) is 12.1 Å². The second kappa shape index (κ2) is 6.08. The van der Waals surface area contributed by atoms with Crippen molar-refractivity contribution in [3.8, 4) is 0 Å². The fourth-order valence-electron chi connectivity index (χ4n) is 2.50. The van der Waals surface area contributed by atoms with E-state index >= 15 is 0 Å². The summed E-state index contributed by atoms with van der Waals surface area (Å²) in [5, 5.41) is 11.6. The molecular formula is C19H16FNO2. The lowest BCUT2D eigenvalue weighted by Crippen LogP contribution is -2.22. The zero-order valence-electron chi connectivity index (χ0n) is 12.9. The van der Waals surface area contributed by atoms with Gasteiger partial charge in [-0.3, -0.25) is 0 Å². The molecule has 0 saturated heterocycles. The molecule has 0 fully saturated rings. The van der Waals surface area contributed by atoms with Crippen LogP contribution < -0.4 is 10.6 Å². The molecule has 1 aromatic heterocycles. The summed E-state index contributed by atoms with van der Waals surface area (Å²) in [6.07, 6.45) is 1.77. The molecule has 0 radical (unpaired) electrons. The Balaban J connectivity index is 2.24. The van der Waals surface area contributed by atoms with E-state index in [1.54, 1.807) is 19.1 Å². The average molecular weight is 309 g/mol. The molecule has 0 atom stereocenters. The van der Waals surface area contributed by atoms with Crippen LogP contribution in [0.3, 0.4) is 0 Å². The van der Waals surface area contributed by atoms with E-state index in [0.717, 1.165) is 5.56 Å². The number of rotatable bonds is 2. The van der Waals surface area contributed by atoms with E-state index < -0.39 is 0 Å². The smallest absolute Gasteiger partial charge is 0.256 e. The zero-order chi connectivity index (χ0) is 16.4. The van der Waals surface area contributed by atoms with Gasteiger partial charge in [0.05, 0.1) is 0 Å². The van der Waals surface area contributed by atoms with Gasteiger partial charge in [0, 0.05) is 16.3 Å². The van der Waals surface area contributed by atoms with Crippen molar-refractivity contribution in [3.63, 3.8) is 0 Å². The first-order valence-corrected chi connectivity index (χ1v) is 7.28. The molecule has 0 unspecified atom stereocenters. The predicted molar refractivity (Wildman–Crippen MR) is 90.3 cm³/mol. The van der Waals surface area contributed by atoms with Gasteiger partial charge in [-0.1, -0.05) is 36.4 Å². The van der Waals surface area contributed by atoms with Crippen molar-refractivity contribution in [1.29, 1.82) is 0 Å². The van der Waals surface area contributed by atoms with Crippen molar-refractivity contribution < 1.29 is 13.9 Å². The lowest BCUT2D eigenvalue weighted by atomic mass is 10.1. The van der Waals surface area contributed by atoms with Crippen LogP contribution in [0, 0.1) is 5.82 Å². The number of benzene rings is 2. The molecule has 1 N–H and O–H groups in total. The Kier molecular flexibility index (Phi) is 3.98. The van der Waals surface area contributed by atoms with E-state index in [9.17, 15) is 9.50 Å². The molecule has 4 heteroatoms. The Bertz CT molecular complexity index is 1000. The second-order valence-electron chi connectivity index (χ2n) is 5.16. The summed E-state index contributed by atoms with van der Waals surface area (Å²) in [7, 11) is 0. The van der Waals surface area contributed by atoms with Crippen molar-refractivity contribution >= 4 is 28.6 Å². The molecule has 0 spiro atoms. The highest BCUT2D eigenvalue weighted by Crippen LogP contribution is 2.11. The van der Waals surface area contributed by atoms with Crippen LogP contribution in [0.2, 0.25) is 0 Å². The number of hydrogen-bond donors (Lipinski definition) is 1. The highest BCUT2D eigenvalue weighted by molar-refractivity contribution is 6.00. The molecule has 3 aromatic rings. The van der Waals surface area contributed by atoms with Crippen molar-refractivity contribution in [3.05, 3.63) is 70.5 Å². The Labute approximate surface area is 132 Å². The van der Waals surface area contributed by atoms with Crippen LogP contribution in [0.15, 0.2) is 57.9 Å². The first-order chi connectivity index (χ1) is 11.1. The molecule has 1 heterocycles.